The number of allylic oxidation sites excluding steroid dienone is 1. The second-order valence-electron chi connectivity index (χ2n) is 5.52. The summed E-state index contributed by atoms with van der Waals surface area (Å²) >= 11 is 0. The Morgan fingerprint density at radius 3 is 2.23 bits per heavy atom. The smallest absolute Gasteiger partial charge is 0.306 e. The quantitative estimate of drug-likeness (QED) is 0.373. The third-order valence-corrected chi connectivity index (χ3v) is 3.53. The Bertz CT molecular complexity index is 323. The molecule has 0 aromatic rings. The van der Waals surface area contributed by atoms with Crippen molar-refractivity contribution >= 4 is 11.9 Å². The minimum atomic E-state index is -0.261. The van der Waals surface area contributed by atoms with Gasteiger partial charge >= 0.3 is 11.9 Å². The fraction of sp³-hybridized carbons (Fsp3) is 0.778. The number of hydrogen-bond donors (Lipinski definition) is 0. The molecule has 0 radical (unpaired) electrons. The fourth-order valence-corrected chi connectivity index (χ4v) is 2.01. The van der Waals surface area contributed by atoms with E-state index in [0.717, 1.165) is 19.3 Å². The van der Waals surface area contributed by atoms with Gasteiger partial charge in [0.2, 0.25) is 0 Å². The van der Waals surface area contributed by atoms with Crippen LogP contribution in [0.5, 0.6) is 0 Å². The van der Waals surface area contributed by atoms with Crippen molar-refractivity contribution in [3.63, 3.8) is 0 Å². The van der Waals surface area contributed by atoms with Crippen molar-refractivity contribution in [3.05, 3.63) is 12.2 Å². The number of carbonyl (C=O) groups is 2. The van der Waals surface area contributed by atoms with Crippen LogP contribution < -0.4 is 0 Å². The number of unbranched alkanes of at least 4 members (excludes halogenated alkanes) is 1. The maximum absolute atomic E-state index is 11.6. The van der Waals surface area contributed by atoms with Crippen molar-refractivity contribution in [1.82, 2.24) is 0 Å². The molecule has 0 aliphatic heterocycles. The third-order valence-electron chi connectivity index (χ3n) is 3.53. The molecule has 0 saturated carbocycles. The van der Waals surface area contributed by atoms with Gasteiger partial charge in [0.05, 0.1) is 6.61 Å². The van der Waals surface area contributed by atoms with Gasteiger partial charge in [0, 0.05) is 12.8 Å². The number of ether oxygens (including phenoxy) is 2. The van der Waals surface area contributed by atoms with E-state index in [1.54, 1.807) is 0 Å². The highest BCUT2D eigenvalue weighted by molar-refractivity contribution is 5.72. The van der Waals surface area contributed by atoms with E-state index in [1.165, 1.54) is 12.8 Å². The summed E-state index contributed by atoms with van der Waals surface area (Å²) < 4.78 is 10.3. The summed E-state index contributed by atoms with van der Waals surface area (Å²) in [6.07, 6.45) is 10.2. The lowest BCUT2D eigenvalue weighted by molar-refractivity contribution is -0.146. The predicted octanol–water partition coefficient (Wildman–Crippen LogP) is 4.43. The third kappa shape index (κ3) is 12.4. The second kappa shape index (κ2) is 14.6. The van der Waals surface area contributed by atoms with Gasteiger partial charge < -0.3 is 9.47 Å². The number of rotatable bonds is 13. The van der Waals surface area contributed by atoms with Crippen LogP contribution in [0, 0.1) is 5.92 Å². The van der Waals surface area contributed by atoms with Crippen molar-refractivity contribution in [2.24, 2.45) is 5.92 Å². The number of hydrogen-bond acceptors (Lipinski definition) is 4. The highest BCUT2D eigenvalue weighted by Crippen LogP contribution is 2.13. The molecule has 0 spiro atoms. The molecule has 0 rings (SSSR count). The topological polar surface area (TPSA) is 52.6 Å². The predicted molar refractivity (Wildman–Crippen MR) is 88.5 cm³/mol. The molecule has 0 aliphatic carbocycles. The van der Waals surface area contributed by atoms with Gasteiger partial charge in [0.25, 0.3) is 0 Å². The van der Waals surface area contributed by atoms with Gasteiger partial charge in [-0.15, -0.1) is 0 Å². The van der Waals surface area contributed by atoms with Crippen LogP contribution in [-0.2, 0) is 19.1 Å². The van der Waals surface area contributed by atoms with Gasteiger partial charge in [-0.1, -0.05) is 52.2 Å². The second-order valence-corrected chi connectivity index (χ2v) is 5.52. The van der Waals surface area contributed by atoms with Crippen molar-refractivity contribution < 1.29 is 19.1 Å². The van der Waals surface area contributed by atoms with Gasteiger partial charge in [-0.2, -0.15) is 0 Å². The summed E-state index contributed by atoms with van der Waals surface area (Å²) in [5.41, 5.74) is 0. The van der Waals surface area contributed by atoms with Crippen LogP contribution in [0.15, 0.2) is 12.2 Å². The molecule has 128 valence electrons. The average Bonchev–Trinajstić information content (AvgIpc) is 2.52. The van der Waals surface area contributed by atoms with Crippen LogP contribution >= 0.6 is 0 Å². The molecule has 4 nitrogen and oxygen atoms in total. The largest absolute Gasteiger partial charge is 0.465 e. The monoisotopic (exact) mass is 312 g/mol. The van der Waals surface area contributed by atoms with Crippen LogP contribution in [0.1, 0.15) is 72.1 Å². The maximum Gasteiger partial charge on any atom is 0.306 e. The number of esters is 2. The van der Waals surface area contributed by atoms with Crippen LogP contribution in [0.3, 0.4) is 0 Å². The molecule has 0 N–H and O–H groups in total. The van der Waals surface area contributed by atoms with Gasteiger partial charge in [0.1, 0.15) is 6.61 Å². The highest BCUT2D eigenvalue weighted by Gasteiger charge is 2.11. The summed E-state index contributed by atoms with van der Waals surface area (Å²) in [7, 11) is 0. The average molecular weight is 312 g/mol. The molecule has 0 aliphatic rings. The van der Waals surface area contributed by atoms with Crippen molar-refractivity contribution in [1.29, 1.82) is 0 Å². The molecule has 0 amide bonds. The standard InChI is InChI=1S/C18H32O4/c1-4-7-9-14-21-17(19)12-10-13-18(20)22-15-16(6-3)11-8-5-2/h7,9,16H,4-6,8,10-15H2,1-3H3/b9-7+. The Kier molecular flexibility index (Phi) is 13.7. The molecule has 1 atom stereocenters. The molecule has 22 heavy (non-hydrogen) atoms. The summed E-state index contributed by atoms with van der Waals surface area (Å²) in [6.45, 7) is 7.12. The SMILES string of the molecule is CC/C=C/COC(=O)CCCC(=O)OCC(CC)CCCC. The van der Waals surface area contributed by atoms with E-state index in [0.29, 0.717) is 25.6 Å². The Balaban J connectivity index is 3.67. The van der Waals surface area contributed by atoms with E-state index in [1.807, 2.05) is 19.1 Å². The molecular weight excluding hydrogens is 280 g/mol. The minimum absolute atomic E-state index is 0.214. The first-order valence-corrected chi connectivity index (χ1v) is 8.60. The van der Waals surface area contributed by atoms with Crippen LogP contribution in [0.25, 0.3) is 0 Å². The Morgan fingerprint density at radius 1 is 0.955 bits per heavy atom. The van der Waals surface area contributed by atoms with Crippen LogP contribution in [-0.4, -0.2) is 25.2 Å². The summed E-state index contributed by atoms with van der Waals surface area (Å²) in [4.78, 5) is 23.0. The molecule has 0 bridgehead atoms. The molecule has 1 unspecified atom stereocenters. The Morgan fingerprint density at radius 2 is 1.64 bits per heavy atom. The maximum atomic E-state index is 11.6. The summed E-state index contributed by atoms with van der Waals surface area (Å²) in [5.74, 6) is -0.0178. The highest BCUT2D eigenvalue weighted by atomic mass is 16.5. The Labute approximate surface area is 135 Å². The lowest BCUT2D eigenvalue weighted by Gasteiger charge is -2.14. The van der Waals surface area contributed by atoms with E-state index in [9.17, 15) is 9.59 Å². The fourth-order valence-electron chi connectivity index (χ4n) is 2.01. The van der Waals surface area contributed by atoms with Crippen LogP contribution in [0.4, 0.5) is 0 Å². The molecule has 0 fully saturated rings. The van der Waals surface area contributed by atoms with E-state index < -0.39 is 0 Å². The van der Waals surface area contributed by atoms with E-state index >= 15 is 0 Å². The molecule has 0 aromatic carbocycles. The lowest BCUT2D eigenvalue weighted by Crippen LogP contribution is -2.14. The van der Waals surface area contributed by atoms with Gasteiger partial charge in [-0.25, -0.2) is 0 Å². The van der Waals surface area contributed by atoms with Crippen molar-refractivity contribution in [3.8, 4) is 0 Å². The van der Waals surface area contributed by atoms with Crippen molar-refractivity contribution in [2.45, 2.75) is 72.1 Å². The number of carbonyl (C=O) groups excluding carboxylic acids is 2. The van der Waals surface area contributed by atoms with Gasteiger partial charge in [0.15, 0.2) is 0 Å². The minimum Gasteiger partial charge on any atom is -0.465 e. The molecule has 0 aromatic heterocycles. The van der Waals surface area contributed by atoms with Gasteiger partial charge in [-0.3, -0.25) is 9.59 Å². The molecular formula is C18H32O4. The van der Waals surface area contributed by atoms with E-state index in [-0.39, 0.29) is 24.8 Å². The zero-order valence-corrected chi connectivity index (χ0v) is 14.4. The van der Waals surface area contributed by atoms with E-state index in [4.69, 9.17) is 9.47 Å². The molecule has 0 saturated heterocycles. The normalized spacial score (nSPS) is 12.3. The van der Waals surface area contributed by atoms with Crippen LogP contribution in [0.2, 0.25) is 0 Å². The lowest BCUT2D eigenvalue weighted by atomic mass is 10.0. The zero-order valence-electron chi connectivity index (χ0n) is 14.4. The van der Waals surface area contributed by atoms with Crippen molar-refractivity contribution in [2.75, 3.05) is 13.2 Å². The first-order valence-electron chi connectivity index (χ1n) is 8.60. The molecule has 0 heterocycles. The molecule has 4 heteroatoms. The Hall–Kier alpha value is -1.32. The van der Waals surface area contributed by atoms with E-state index in [2.05, 4.69) is 13.8 Å². The first kappa shape index (κ1) is 20.7. The summed E-state index contributed by atoms with van der Waals surface area (Å²) in [5, 5.41) is 0. The van der Waals surface area contributed by atoms with Gasteiger partial charge in [-0.05, 0) is 25.2 Å². The first-order chi connectivity index (χ1) is 10.6. The summed E-state index contributed by atoms with van der Waals surface area (Å²) in [6, 6.07) is 0. The zero-order chi connectivity index (χ0) is 16.6.